The fraction of sp³-hybridized carbons (Fsp3) is 0.538. The smallest absolute Gasteiger partial charge is 0.243 e. The minimum absolute atomic E-state index is 0.365. The number of aliphatic hydroxyl groups is 1. The first kappa shape index (κ1) is 12.9. The number of fused-ring (bicyclic) bond motifs is 1. The molecule has 0 bridgehead atoms. The number of aliphatic hydroxyl groups excluding tert-OH is 1. The van der Waals surface area contributed by atoms with E-state index in [1.54, 1.807) is 12.1 Å². The van der Waals surface area contributed by atoms with Gasteiger partial charge in [-0.3, -0.25) is 0 Å². The molecule has 2 aliphatic rings. The van der Waals surface area contributed by atoms with Crippen LogP contribution in [0, 0.1) is 0 Å². The fourth-order valence-electron chi connectivity index (χ4n) is 2.67. The van der Waals surface area contributed by atoms with Crippen molar-refractivity contribution < 1.29 is 13.5 Å². The molecule has 0 unspecified atom stereocenters. The molecule has 1 aromatic carbocycles. The second-order valence-electron chi connectivity index (χ2n) is 5.13. The zero-order chi connectivity index (χ0) is 13.5. The van der Waals surface area contributed by atoms with Gasteiger partial charge in [-0.05, 0) is 43.0 Å². The molecule has 1 aromatic rings. The van der Waals surface area contributed by atoms with Gasteiger partial charge < -0.3 is 10.4 Å². The minimum atomic E-state index is -3.41. The van der Waals surface area contributed by atoms with Gasteiger partial charge in [0.2, 0.25) is 10.0 Å². The fourth-order valence-corrected chi connectivity index (χ4v) is 4.19. The molecular weight excluding hydrogens is 264 g/mol. The predicted octanol–water partition coefficient (Wildman–Crippen LogP) is 0.800. The molecule has 3 rings (SSSR count). The Morgan fingerprint density at radius 1 is 1.26 bits per heavy atom. The third-order valence-electron chi connectivity index (χ3n) is 3.85. The number of nitrogens with zero attached hydrogens (tertiary/aromatic N) is 1. The first-order chi connectivity index (χ1) is 9.07. The standard InChI is InChI=1S/C13H18N2O3S/c16-11-4-7-15(8-5-11)19(17,18)12-1-2-13-10(9-12)3-6-14-13/h1-2,9,11,14,16H,3-8H2. The van der Waals surface area contributed by atoms with Crippen LogP contribution in [0.15, 0.2) is 23.1 Å². The molecule has 6 heteroatoms. The lowest BCUT2D eigenvalue weighted by molar-refractivity contribution is 0.113. The van der Waals surface area contributed by atoms with E-state index < -0.39 is 10.0 Å². The number of piperidine rings is 1. The highest BCUT2D eigenvalue weighted by atomic mass is 32.2. The van der Waals surface area contributed by atoms with Crippen LogP contribution >= 0.6 is 0 Å². The highest BCUT2D eigenvalue weighted by Crippen LogP contribution is 2.27. The molecule has 1 fully saturated rings. The summed E-state index contributed by atoms with van der Waals surface area (Å²) in [5, 5.41) is 12.7. The van der Waals surface area contributed by atoms with Crippen LogP contribution < -0.4 is 5.32 Å². The summed E-state index contributed by atoms with van der Waals surface area (Å²) in [6.07, 6.45) is 1.55. The quantitative estimate of drug-likeness (QED) is 0.842. The third kappa shape index (κ3) is 2.35. The van der Waals surface area contributed by atoms with E-state index in [0.29, 0.717) is 30.8 Å². The van der Waals surface area contributed by atoms with E-state index in [-0.39, 0.29) is 6.10 Å². The summed E-state index contributed by atoms with van der Waals surface area (Å²) in [4.78, 5) is 0.367. The van der Waals surface area contributed by atoms with Crippen LogP contribution in [0.1, 0.15) is 18.4 Å². The van der Waals surface area contributed by atoms with Crippen molar-refractivity contribution in [3.63, 3.8) is 0 Å². The Morgan fingerprint density at radius 2 is 2.00 bits per heavy atom. The molecule has 2 heterocycles. The van der Waals surface area contributed by atoms with E-state index >= 15 is 0 Å². The molecule has 0 amide bonds. The molecule has 2 N–H and O–H groups in total. The predicted molar refractivity (Wildman–Crippen MR) is 72.6 cm³/mol. The van der Waals surface area contributed by atoms with Gasteiger partial charge in [0.15, 0.2) is 0 Å². The summed E-state index contributed by atoms with van der Waals surface area (Å²) in [6.45, 7) is 1.67. The summed E-state index contributed by atoms with van der Waals surface area (Å²) in [5.41, 5.74) is 2.10. The molecule has 0 atom stereocenters. The van der Waals surface area contributed by atoms with E-state index in [1.165, 1.54) is 4.31 Å². The van der Waals surface area contributed by atoms with Crippen LogP contribution in [-0.2, 0) is 16.4 Å². The van der Waals surface area contributed by atoms with Crippen LogP contribution in [0.2, 0.25) is 0 Å². The SMILES string of the molecule is O=S(=O)(c1ccc2c(c1)CCN2)N1CCC(O)CC1. The van der Waals surface area contributed by atoms with Crippen molar-refractivity contribution in [3.8, 4) is 0 Å². The monoisotopic (exact) mass is 282 g/mol. The Morgan fingerprint density at radius 3 is 2.74 bits per heavy atom. The first-order valence-electron chi connectivity index (χ1n) is 6.62. The number of anilines is 1. The van der Waals surface area contributed by atoms with Gasteiger partial charge in [0.1, 0.15) is 0 Å². The maximum atomic E-state index is 12.5. The van der Waals surface area contributed by atoms with Gasteiger partial charge in [-0.1, -0.05) is 0 Å². The second kappa shape index (κ2) is 4.77. The Labute approximate surface area is 113 Å². The number of rotatable bonds is 2. The summed E-state index contributed by atoms with van der Waals surface area (Å²) in [5.74, 6) is 0. The van der Waals surface area contributed by atoms with E-state index in [2.05, 4.69) is 5.32 Å². The van der Waals surface area contributed by atoms with E-state index in [9.17, 15) is 13.5 Å². The van der Waals surface area contributed by atoms with Crippen LogP contribution in [0.5, 0.6) is 0 Å². The Bertz CT molecular complexity index is 578. The van der Waals surface area contributed by atoms with Crippen LogP contribution in [0.3, 0.4) is 0 Å². The maximum Gasteiger partial charge on any atom is 0.243 e. The first-order valence-corrected chi connectivity index (χ1v) is 8.06. The van der Waals surface area contributed by atoms with E-state index in [4.69, 9.17) is 0 Å². The Hall–Kier alpha value is -1.11. The molecule has 0 spiro atoms. The normalized spacial score (nSPS) is 21.1. The molecule has 5 nitrogen and oxygen atoms in total. The van der Waals surface area contributed by atoms with Gasteiger partial charge in [-0.15, -0.1) is 0 Å². The molecular formula is C13H18N2O3S. The molecule has 104 valence electrons. The number of hydrogen-bond donors (Lipinski definition) is 2. The lowest BCUT2D eigenvalue weighted by Crippen LogP contribution is -2.40. The number of nitrogens with one attached hydrogen (secondary N) is 1. The molecule has 2 aliphatic heterocycles. The summed E-state index contributed by atoms with van der Waals surface area (Å²) in [7, 11) is -3.41. The number of hydrogen-bond acceptors (Lipinski definition) is 4. The van der Waals surface area contributed by atoms with Crippen molar-refractivity contribution in [2.45, 2.75) is 30.3 Å². The highest BCUT2D eigenvalue weighted by molar-refractivity contribution is 7.89. The van der Waals surface area contributed by atoms with Crippen molar-refractivity contribution in [1.82, 2.24) is 4.31 Å². The maximum absolute atomic E-state index is 12.5. The minimum Gasteiger partial charge on any atom is -0.393 e. The van der Waals surface area contributed by atoms with Crippen molar-refractivity contribution in [1.29, 1.82) is 0 Å². The zero-order valence-electron chi connectivity index (χ0n) is 10.7. The Kier molecular flexibility index (Phi) is 3.24. The number of sulfonamides is 1. The van der Waals surface area contributed by atoms with Crippen molar-refractivity contribution in [2.24, 2.45) is 0 Å². The summed E-state index contributed by atoms with van der Waals surface area (Å²) >= 11 is 0. The largest absolute Gasteiger partial charge is 0.393 e. The average molecular weight is 282 g/mol. The molecule has 1 saturated heterocycles. The van der Waals surface area contributed by atoms with Crippen molar-refractivity contribution in [2.75, 3.05) is 25.0 Å². The van der Waals surface area contributed by atoms with Gasteiger partial charge >= 0.3 is 0 Å². The summed E-state index contributed by atoms with van der Waals surface area (Å²) in [6, 6.07) is 5.28. The van der Waals surface area contributed by atoms with Crippen molar-refractivity contribution >= 4 is 15.7 Å². The van der Waals surface area contributed by atoms with Crippen LogP contribution in [0.4, 0.5) is 5.69 Å². The van der Waals surface area contributed by atoms with Crippen molar-refractivity contribution in [3.05, 3.63) is 23.8 Å². The molecule has 19 heavy (non-hydrogen) atoms. The molecule has 0 aliphatic carbocycles. The highest BCUT2D eigenvalue weighted by Gasteiger charge is 2.29. The summed E-state index contributed by atoms with van der Waals surface area (Å²) < 4.78 is 26.5. The molecule has 0 radical (unpaired) electrons. The number of benzene rings is 1. The lowest BCUT2D eigenvalue weighted by atomic mass is 10.1. The van der Waals surface area contributed by atoms with Gasteiger partial charge in [0.25, 0.3) is 0 Å². The van der Waals surface area contributed by atoms with Gasteiger partial charge in [-0.25, -0.2) is 8.42 Å². The van der Waals surface area contributed by atoms with E-state index in [0.717, 1.165) is 24.2 Å². The van der Waals surface area contributed by atoms with Gasteiger partial charge in [0.05, 0.1) is 11.0 Å². The van der Waals surface area contributed by atoms with Gasteiger partial charge in [-0.2, -0.15) is 4.31 Å². The third-order valence-corrected chi connectivity index (χ3v) is 5.74. The second-order valence-corrected chi connectivity index (χ2v) is 7.07. The lowest BCUT2D eigenvalue weighted by Gasteiger charge is -2.28. The van der Waals surface area contributed by atoms with Gasteiger partial charge in [0, 0.05) is 25.3 Å². The van der Waals surface area contributed by atoms with E-state index in [1.807, 2.05) is 6.07 Å². The Balaban J connectivity index is 1.88. The van der Waals surface area contributed by atoms with Crippen LogP contribution in [0.25, 0.3) is 0 Å². The molecule has 0 aromatic heterocycles. The molecule has 0 saturated carbocycles. The van der Waals surface area contributed by atoms with Crippen LogP contribution in [-0.4, -0.2) is 43.6 Å². The average Bonchev–Trinajstić information content (AvgIpc) is 2.86. The topological polar surface area (TPSA) is 69.6 Å². The zero-order valence-corrected chi connectivity index (χ0v) is 11.5.